The number of phenols is 1. The van der Waals surface area contributed by atoms with E-state index >= 15 is 0 Å². The van der Waals surface area contributed by atoms with Crippen molar-refractivity contribution in [1.82, 2.24) is 9.78 Å². The Balaban J connectivity index is 2.13. The summed E-state index contributed by atoms with van der Waals surface area (Å²) in [7, 11) is 1.89. The van der Waals surface area contributed by atoms with E-state index in [9.17, 15) is 5.11 Å². The highest BCUT2D eigenvalue weighted by atomic mass is 35.5. The Morgan fingerprint density at radius 2 is 2.22 bits per heavy atom. The molecule has 5 heteroatoms. The third-order valence-electron chi connectivity index (χ3n) is 2.75. The summed E-state index contributed by atoms with van der Waals surface area (Å²) in [6.07, 6.45) is 2.80. The zero-order chi connectivity index (χ0) is 13.1. The number of anilines is 1. The van der Waals surface area contributed by atoms with Crippen LogP contribution in [0.5, 0.6) is 5.75 Å². The van der Waals surface area contributed by atoms with Crippen LogP contribution in [0.4, 0.5) is 5.69 Å². The van der Waals surface area contributed by atoms with Crippen molar-refractivity contribution in [2.24, 2.45) is 7.05 Å². The van der Waals surface area contributed by atoms with Gasteiger partial charge in [-0.05, 0) is 24.6 Å². The molecule has 2 aromatic rings. The summed E-state index contributed by atoms with van der Waals surface area (Å²) in [4.78, 5) is 0. The first kappa shape index (κ1) is 12.8. The van der Waals surface area contributed by atoms with Crippen molar-refractivity contribution in [2.75, 3.05) is 5.32 Å². The molecule has 0 fully saturated rings. The highest BCUT2D eigenvalue weighted by molar-refractivity contribution is 6.30. The fourth-order valence-electron chi connectivity index (χ4n) is 1.83. The number of phenolic OH excluding ortho intramolecular Hbond substituents is 1. The van der Waals surface area contributed by atoms with E-state index in [1.165, 1.54) is 0 Å². The van der Waals surface area contributed by atoms with Crippen molar-refractivity contribution < 1.29 is 5.11 Å². The summed E-state index contributed by atoms with van der Waals surface area (Å²) in [5, 5.41) is 18.0. The van der Waals surface area contributed by atoms with E-state index in [0.717, 1.165) is 23.4 Å². The Hall–Kier alpha value is -1.68. The van der Waals surface area contributed by atoms with Crippen molar-refractivity contribution in [1.29, 1.82) is 0 Å². The number of hydrogen-bond acceptors (Lipinski definition) is 3. The van der Waals surface area contributed by atoms with E-state index in [1.807, 2.05) is 13.2 Å². The number of nitrogens with one attached hydrogen (secondary N) is 1. The van der Waals surface area contributed by atoms with E-state index in [2.05, 4.69) is 17.3 Å². The summed E-state index contributed by atoms with van der Waals surface area (Å²) in [6.45, 7) is 2.58. The Morgan fingerprint density at radius 3 is 2.94 bits per heavy atom. The molecule has 0 saturated carbocycles. The summed E-state index contributed by atoms with van der Waals surface area (Å²) in [5.74, 6) is 0.244. The second kappa shape index (κ2) is 5.31. The smallest absolute Gasteiger partial charge is 0.120 e. The van der Waals surface area contributed by atoms with E-state index in [0.29, 0.717) is 11.6 Å². The highest BCUT2D eigenvalue weighted by Gasteiger charge is 2.07. The van der Waals surface area contributed by atoms with Crippen molar-refractivity contribution >= 4 is 17.3 Å². The number of aromatic nitrogens is 2. The maximum Gasteiger partial charge on any atom is 0.120 e. The molecule has 0 aliphatic heterocycles. The Bertz CT molecular complexity index is 551. The number of halogens is 1. The first-order valence-electron chi connectivity index (χ1n) is 5.84. The molecule has 0 atom stereocenters. The Morgan fingerprint density at radius 1 is 1.44 bits per heavy atom. The van der Waals surface area contributed by atoms with Crippen LogP contribution in [-0.4, -0.2) is 14.9 Å². The molecule has 1 heterocycles. The largest absolute Gasteiger partial charge is 0.508 e. The summed E-state index contributed by atoms with van der Waals surface area (Å²) < 4.78 is 1.78. The Labute approximate surface area is 111 Å². The normalized spacial score (nSPS) is 10.6. The van der Waals surface area contributed by atoms with Crippen LogP contribution in [0.2, 0.25) is 5.02 Å². The zero-order valence-corrected chi connectivity index (χ0v) is 11.2. The molecular weight excluding hydrogens is 250 g/mol. The first-order valence-corrected chi connectivity index (χ1v) is 6.21. The molecule has 0 radical (unpaired) electrons. The van der Waals surface area contributed by atoms with Crippen molar-refractivity contribution in [3.05, 3.63) is 40.7 Å². The van der Waals surface area contributed by atoms with Gasteiger partial charge in [0, 0.05) is 30.4 Å². The van der Waals surface area contributed by atoms with Crippen molar-refractivity contribution in [3.8, 4) is 5.75 Å². The van der Waals surface area contributed by atoms with Crippen molar-refractivity contribution in [2.45, 2.75) is 19.9 Å². The monoisotopic (exact) mass is 265 g/mol. The molecule has 96 valence electrons. The average Bonchev–Trinajstić information content (AvgIpc) is 2.71. The topological polar surface area (TPSA) is 50.1 Å². The number of aromatic hydroxyl groups is 1. The van der Waals surface area contributed by atoms with E-state index in [1.54, 1.807) is 22.9 Å². The average molecular weight is 266 g/mol. The van der Waals surface area contributed by atoms with Crippen LogP contribution >= 0.6 is 11.6 Å². The first-order chi connectivity index (χ1) is 8.60. The van der Waals surface area contributed by atoms with Gasteiger partial charge in [0.1, 0.15) is 5.75 Å². The van der Waals surface area contributed by atoms with Gasteiger partial charge >= 0.3 is 0 Å². The molecule has 0 aliphatic rings. The summed E-state index contributed by atoms with van der Waals surface area (Å²) in [5.41, 5.74) is 2.77. The SMILES string of the molecule is CCc1nn(C)cc1NCc1cc(Cl)ccc1O. The molecule has 18 heavy (non-hydrogen) atoms. The van der Waals surface area contributed by atoms with Gasteiger partial charge in [0.2, 0.25) is 0 Å². The minimum Gasteiger partial charge on any atom is -0.508 e. The third-order valence-corrected chi connectivity index (χ3v) is 2.99. The van der Waals surface area contributed by atoms with Gasteiger partial charge in [-0.15, -0.1) is 0 Å². The molecule has 0 amide bonds. The Kier molecular flexibility index (Phi) is 3.77. The predicted molar refractivity (Wildman–Crippen MR) is 73.0 cm³/mol. The van der Waals surface area contributed by atoms with Gasteiger partial charge in [0.15, 0.2) is 0 Å². The lowest BCUT2D eigenvalue weighted by Crippen LogP contribution is -2.01. The lowest BCUT2D eigenvalue weighted by molar-refractivity contribution is 0.469. The van der Waals surface area contributed by atoms with Crippen LogP contribution in [-0.2, 0) is 20.0 Å². The van der Waals surface area contributed by atoms with Gasteiger partial charge in [0.25, 0.3) is 0 Å². The standard InChI is InChI=1S/C13H16ClN3O/c1-3-11-12(8-17(2)16-11)15-7-9-6-10(14)4-5-13(9)18/h4-6,8,15,18H,3,7H2,1-2H3. The lowest BCUT2D eigenvalue weighted by Gasteiger charge is -2.08. The van der Waals surface area contributed by atoms with Crippen molar-refractivity contribution in [3.63, 3.8) is 0 Å². The van der Waals surface area contributed by atoms with Crippen LogP contribution in [0.1, 0.15) is 18.2 Å². The van der Waals surface area contributed by atoms with Gasteiger partial charge in [-0.3, -0.25) is 4.68 Å². The third kappa shape index (κ3) is 2.76. The second-order valence-corrected chi connectivity index (χ2v) is 4.58. The molecule has 0 spiro atoms. The summed E-state index contributed by atoms with van der Waals surface area (Å²) >= 11 is 5.91. The van der Waals surface area contributed by atoms with Gasteiger partial charge in [-0.25, -0.2) is 0 Å². The number of hydrogen-bond donors (Lipinski definition) is 2. The van der Waals surface area contributed by atoms with Crippen LogP contribution in [0.15, 0.2) is 24.4 Å². The van der Waals surface area contributed by atoms with E-state index in [4.69, 9.17) is 11.6 Å². The quantitative estimate of drug-likeness (QED) is 0.894. The van der Waals surface area contributed by atoms with E-state index < -0.39 is 0 Å². The zero-order valence-electron chi connectivity index (χ0n) is 10.4. The van der Waals surface area contributed by atoms with Gasteiger partial charge in [0.05, 0.1) is 11.4 Å². The molecule has 1 aromatic heterocycles. The molecule has 0 saturated heterocycles. The predicted octanol–water partition coefficient (Wildman–Crippen LogP) is 2.95. The summed E-state index contributed by atoms with van der Waals surface area (Å²) in [6, 6.07) is 5.02. The van der Waals surface area contributed by atoms with Gasteiger partial charge in [-0.2, -0.15) is 5.10 Å². The lowest BCUT2D eigenvalue weighted by atomic mass is 10.2. The fraction of sp³-hybridized carbons (Fsp3) is 0.308. The number of aryl methyl sites for hydroxylation is 2. The molecular formula is C13H16ClN3O. The molecule has 0 bridgehead atoms. The molecule has 1 aromatic carbocycles. The highest BCUT2D eigenvalue weighted by Crippen LogP contribution is 2.23. The van der Waals surface area contributed by atoms with Gasteiger partial charge < -0.3 is 10.4 Å². The fourth-order valence-corrected chi connectivity index (χ4v) is 2.02. The van der Waals surface area contributed by atoms with Crippen LogP contribution < -0.4 is 5.32 Å². The molecule has 4 nitrogen and oxygen atoms in total. The molecule has 2 rings (SSSR count). The second-order valence-electron chi connectivity index (χ2n) is 4.14. The number of nitrogens with zero attached hydrogens (tertiary/aromatic N) is 2. The number of benzene rings is 1. The van der Waals surface area contributed by atoms with Crippen LogP contribution in [0.3, 0.4) is 0 Å². The minimum atomic E-state index is 0.244. The molecule has 0 aliphatic carbocycles. The van der Waals surface area contributed by atoms with Gasteiger partial charge in [-0.1, -0.05) is 18.5 Å². The molecule has 0 unspecified atom stereocenters. The van der Waals surface area contributed by atoms with Crippen LogP contribution in [0, 0.1) is 0 Å². The maximum atomic E-state index is 9.73. The van der Waals surface area contributed by atoms with Crippen LogP contribution in [0.25, 0.3) is 0 Å². The maximum absolute atomic E-state index is 9.73. The number of rotatable bonds is 4. The minimum absolute atomic E-state index is 0.244. The van der Waals surface area contributed by atoms with E-state index in [-0.39, 0.29) is 5.75 Å². The molecule has 2 N–H and O–H groups in total.